The summed E-state index contributed by atoms with van der Waals surface area (Å²) in [5, 5.41) is 9.96. The van der Waals surface area contributed by atoms with Gasteiger partial charge in [0.15, 0.2) is 0 Å². The maximum atomic E-state index is 12.3. The van der Waals surface area contributed by atoms with Gasteiger partial charge in [-0.1, -0.05) is 25.1 Å². The number of carbonyl (C=O) groups excluding carboxylic acids is 1. The Balaban J connectivity index is 2.87. The standard InChI is InChI=1S/C13H15F3O4/c1-8(12(18)19-2)7-10(17)9-5-3-4-6-11(9)20-13(14,15)16/h3-6,8,10,17H,7H2,1-2H3. The molecule has 0 saturated carbocycles. The average molecular weight is 292 g/mol. The van der Waals surface area contributed by atoms with Crippen molar-refractivity contribution in [3.63, 3.8) is 0 Å². The second kappa shape index (κ2) is 6.60. The van der Waals surface area contributed by atoms with Crippen LogP contribution in [-0.4, -0.2) is 24.5 Å². The van der Waals surface area contributed by atoms with Crippen LogP contribution in [0.15, 0.2) is 24.3 Å². The van der Waals surface area contributed by atoms with E-state index in [0.29, 0.717) is 0 Å². The van der Waals surface area contributed by atoms with Gasteiger partial charge >= 0.3 is 12.3 Å². The average Bonchev–Trinajstić information content (AvgIpc) is 2.36. The summed E-state index contributed by atoms with van der Waals surface area (Å²) in [4.78, 5) is 11.2. The molecular weight excluding hydrogens is 277 g/mol. The van der Waals surface area contributed by atoms with Crippen LogP contribution >= 0.6 is 0 Å². The number of hydrogen-bond acceptors (Lipinski definition) is 4. The lowest BCUT2D eigenvalue weighted by molar-refractivity contribution is -0.275. The molecule has 1 rings (SSSR count). The van der Waals surface area contributed by atoms with Crippen LogP contribution in [-0.2, 0) is 9.53 Å². The molecule has 1 N–H and O–H groups in total. The largest absolute Gasteiger partial charge is 0.573 e. The van der Waals surface area contributed by atoms with E-state index in [1.165, 1.54) is 32.2 Å². The molecular formula is C13H15F3O4. The number of carbonyl (C=O) groups is 1. The first-order valence-corrected chi connectivity index (χ1v) is 5.85. The highest BCUT2D eigenvalue weighted by Crippen LogP contribution is 2.33. The van der Waals surface area contributed by atoms with Gasteiger partial charge in [-0.15, -0.1) is 13.2 Å². The number of methoxy groups -OCH3 is 1. The van der Waals surface area contributed by atoms with E-state index in [0.717, 1.165) is 6.07 Å². The van der Waals surface area contributed by atoms with Gasteiger partial charge in [0.1, 0.15) is 5.75 Å². The minimum atomic E-state index is -4.84. The van der Waals surface area contributed by atoms with E-state index in [9.17, 15) is 23.1 Å². The summed E-state index contributed by atoms with van der Waals surface area (Å²) >= 11 is 0. The first kappa shape index (κ1) is 16.3. The molecule has 0 heterocycles. The Morgan fingerprint density at radius 1 is 1.35 bits per heavy atom. The number of aliphatic hydroxyl groups excluding tert-OH is 1. The maximum absolute atomic E-state index is 12.3. The summed E-state index contributed by atoms with van der Waals surface area (Å²) in [6, 6.07) is 5.26. The molecule has 0 saturated heterocycles. The summed E-state index contributed by atoms with van der Waals surface area (Å²) in [5.74, 6) is -1.67. The van der Waals surface area contributed by atoms with Gasteiger partial charge in [0.05, 0.1) is 19.1 Å². The number of alkyl halides is 3. The molecule has 0 amide bonds. The lowest BCUT2D eigenvalue weighted by atomic mass is 9.97. The van der Waals surface area contributed by atoms with E-state index in [1.807, 2.05) is 0 Å². The minimum Gasteiger partial charge on any atom is -0.469 e. The Morgan fingerprint density at radius 3 is 2.50 bits per heavy atom. The van der Waals surface area contributed by atoms with Gasteiger partial charge in [-0.25, -0.2) is 0 Å². The van der Waals surface area contributed by atoms with E-state index in [-0.39, 0.29) is 12.0 Å². The predicted molar refractivity (Wildman–Crippen MR) is 63.9 cm³/mol. The van der Waals surface area contributed by atoms with Crippen molar-refractivity contribution in [2.45, 2.75) is 25.8 Å². The summed E-state index contributed by atoms with van der Waals surface area (Å²) in [6.07, 6.45) is -6.17. The monoisotopic (exact) mass is 292 g/mol. The third-order valence-corrected chi connectivity index (χ3v) is 2.68. The third-order valence-electron chi connectivity index (χ3n) is 2.68. The molecule has 0 fully saturated rings. The van der Waals surface area contributed by atoms with Crippen molar-refractivity contribution in [2.24, 2.45) is 5.92 Å². The fourth-order valence-electron chi connectivity index (χ4n) is 1.73. The zero-order chi connectivity index (χ0) is 15.3. The molecule has 0 aliphatic heterocycles. The number of para-hydroxylation sites is 1. The SMILES string of the molecule is COC(=O)C(C)CC(O)c1ccccc1OC(F)(F)F. The van der Waals surface area contributed by atoms with Gasteiger partial charge in [0.25, 0.3) is 0 Å². The van der Waals surface area contributed by atoms with E-state index in [1.54, 1.807) is 0 Å². The number of esters is 1. The summed E-state index contributed by atoms with van der Waals surface area (Å²) in [7, 11) is 1.20. The number of rotatable bonds is 5. The van der Waals surface area contributed by atoms with Crippen LogP contribution in [0, 0.1) is 5.92 Å². The van der Waals surface area contributed by atoms with Crippen molar-refractivity contribution in [3.8, 4) is 5.75 Å². The van der Waals surface area contributed by atoms with Crippen LogP contribution in [0.2, 0.25) is 0 Å². The Hall–Kier alpha value is -1.76. The van der Waals surface area contributed by atoms with Crippen molar-refractivity contribution < 1.29 is 32.5 Å². The topological polar surface area (TPSA) is 55.8 Å². The van der Waals surface area contributed by atoms with Crippen LogP contribution in [0.3, 0.4) is 0 Å². The Labute approximate surface area is 114 Å². The number of halogens is 3. The molecule has 112 valence electrons. The van der Waals surface area contributed by atoms with Gasteiger partial charge < -0.3 is 14.6 Å². The van der Waals surface area contributed by atoms with Gasteiger partial charge in [0, 0.05) is 5.56 Å². The number of aliphatic hydroxyl groups is 1. The smallest absolute Gasteiger partial charge is 0.469 e. The van der Waals surface area contributed by atoms with Gasteiger partial charge in [-0.3, -0.25) is 4.79 Å². The number of hydrogen-bond donors (Lipinski definition) is 1. The minimum absolute atomic E-state index is 0.0272. The van der Waals surface area contributed by atoms with Crippen molar-refractivity contribution in [3.05, 3.63) is 29.8 Å². The molecule has 7 heteroatoms. The normalized spacial score (nSPS) is 14.5. The van der Waals surface area contributed by atoms with Crippen molar-refractivity contribution >= 4 is 5.97 Å². The zero-order valence-corrected chi connectivity index (χ0v) is 11.0. The first-order chi connectivity index (χ1) is 9.24. The van der Waals surface area contributed by atoms with Gasteiger partial charge in [0.2, 0.25) is 0 Å². The van der Waals surface area contributed by atoms with Crippen LogP contribution in [0.5, 0.6) is 5.75 Å². The molecule has 1 aromatic rings. The lowest BCUT2D eigenvalue weighted by Gasteiger charge is -2.19. The second-order valence-corrected chi connectivity index (χ2v) is 4.26. The Kier molecular flexibility index (Phi) is 5.38. The third kappa shape index (κ3) is 4.73. The molecule has 2 unspecified atom stereocenters. The van der Waals surface area contributed by atoms with Crippen molar-refractivity contribution in [1.82, 2.24) is 0 Å². The molecule has 0 bridgehead atoms. The zero-order valence-electron chi connectivity index (χ0n) is 11.0. The quantitative estimate of drug-likeness (QED) is 0.848. The predicted octanol–water partition coefficient (Wildman–Crippen LogP) is 2.82. The highest BCUT2D eigenvalue weighted by Gasteiger charge is 2.33. The van der Waals surface area contributed by atoms with Gasteiger partial charge in [-0.05, 0) is 12.5 Å². The number of ether oxygens (including phenoxy) is 2. The lowest BCUT2D eigenvalue weighted by Crippen LogP contribution is -2.20. The first-order valence-electron chi connectivity index (χ1n) is 5.85. The van der Waals surface area contributed by atoms with Crippen LogP contribution in [0.25, 0.3) is 0 Å². The van der Waals surface area contributed by atoms with E-state index < -0.39 is 30.1 Å². The molecule has 0 radical (unpaired) electrons. The van der Waals surface area contributed by atoms with Crippen molar-refractivity contribution in [2.75, 3.05) is 7.11 Å². The van der Waals surface area contributed by atoms with Crippen molar-refractivity contribution in [1.29, 1.82) is 0 Å². The van der Waals surface area contributed by atoms with Crippen LogP contribution < -0.4 is 4.74 Å². The number of benzene rings is 1. The maximum Gasteiger partial charge on any atom is 0.573 e. The summed E-state index contributed by atoms with van der Waals surface area (Å²) < 4.78 is 45.1. The fraction of sp³-hybridized carbons (Fsp3) is 0.462. The Morgan fingerprint density at radius 2 is 1.95 bits per heavy atom. The highest BCUT2D eigenvalue weighted by atomic mass is 19.4. The van der Waals surface area contributed by atoms with Crippen LogP contribution in [0.1, 0.15) is 25.0 Å². The molecule has 0 aliphatic rings. The molecule has 2 atom stereocenters. The van der Waals surface area contributed by atoms with Gasteiger partial charge in [-0.2, -0.15) is 0 Å². The summed E-state index contributed by atoms with van der Waals surface area (Å²) in [5.41, 5.74) is -0.0272. The van der Waals surface area contributed by atoms with E-state index in [2.05, 4.69) is 9.47 Å². The molecule has 4 nitrogen and oxygen atoms in total. The summed E-state index contributed by atoms with van der Waals surface area (Å²) in [6.45, 7) is 1.52. The molecule has 0 aliphatic carbocycles. The highest BCUT2D eigenvalue weighted by molar-refractivity contribution is 5.71. The van der Waals surface area contributed by atoms with Crippen LogP contribution in [0.4, 0.5) is 13.2 Å². The van der Waals surface area contributed by atoms with E-state index in [4.69, 9.17) is 0 Å². The second-order valence-electron chi connectivity index (χ2n) is 4.26. The molecule has 0 aromatic heterocycles. The fourth-order valence-corrected chi connectivity index (χ4v) is 1.73. The van der Waals surface area contributed by atoms with E-state index >= 15 is 0 Å². The molecule has 1 aromatic carbocycles. The molecule has 20 heavy (non-hydrogen) atoms. The Bertz CT molecular complexity index is 459. The molecule has 0 spiro atoms.